The van der Waals surface area contributed by atoms with Gasteiger partial charge in [-0.3, -0.25) is 9.59 Å². The predicted molar refractivity (Wildman–Crippen MR) is 77.8 cm³/mol. The molecule has 0 heterocycles. The molecule has 3 N–H and O–H groups in total. The van der Waals surface area contributed by atoms with Crippen LogP contribution in [0.15, 0.2) is 0 Å². The van der Waals surface area contributed by atoms with Crippen LogP contribution in [0.2, 0.25) is 0 Å². The van der Waals surface area contributed by atoms with Crippen LogP contribution in [0.25, 0.3) is 0 Å². The molecular formula is C14H25N3O4. The number of nitrogens with one attached hydrogen (secondary N) is 2. The summed E-state index contributed by atoms with van der Waals surface area (Å²) in [5.74, 6) is -1.13. The van der Waals surface area contributed by atoms with E-state index in [0.717, 1.165) is 12.8 Å². The maximum Gasteiger partial charge on any atom is 0.318 e. The zero-order chi connectivity index (χ0) is 16.0. The van der Waals surface area contributed by atoms with Gasteiger partial charge in [0.2, 0.25) is 5.91 Å². The van der Waals surface area contributed by atoms with Gasteiger partial charge in [-0.05, 0) is 26.2 Å². The first-order chi connectivity index (χ1) is 9.85. The first kappa shape index (κ1) is 17.3. The number of nitrogens with zero attached hydrogens (tertiary/aromatic N) is 1. The van der Waals surface area contributed by atoms with Crippen LogP contribution in [0.1, 0.15) is 39.5 Å². The molecule has 0 spiro atoms. The molecule has 0 bridgehead atoms. The Kier molecular flexibility index (Phi) is 5.99. The van der Waals surface area contributed by atoms with E-state index >= 15 is 0 Å². The van der Waals surface area contributed by atoms with Crippen LogP contribution < -0.4 is 10.6 Å². The first-order valence-electron chi connectivity index (χ1n) is 7.34. The fourth-order valence-corrected chi connectivity index (χ4v) is 2.67. The van der Waals surface area contributed by atoms with E-state index in [4.69, 9.17) is 0 Å². The van der Waals surface area contributed by atoms with Crippen LogP contribution in [0.5, 0.6) is 0 Å². The fraction of sp³-hybridized carbons (Fsp3) is 0.786. The number of rotatable bonds is 6. The lowest BCUT2D eigenvalue weighted by Gasteiger charge is -2.30. The monoisotopic (exact) mass is 299 g/mol. The Labute approximate surface area is 125 Å². The number of carbonyl (C=O) groups excluding carboxylic acids is 2. The van der Waals surface area contributed by atoms with Gasteiger partial charge in [-0.15, -0.1) is 0 Å². The van der Waals surface area contributed by atoms with Gasteiger partial charge in [-0.25, -0.2) is 4.79 Å². The molecule has 7 heteroatoms. The highest BCUT2D eigenvalue weighted by Gasteiger charge is 2.46. The van der Waals surface area contributed by atoms with Crippen molar-refractivity contribution in [3.63, 3.8) is 0 Å². The van der Waals surface area contributed by atoms with Crippen LogP contribution in [0, 0.1) is 5.41 Å². The van der Waals surface area contributed by atoms with Crippen molar-refractivity contribution in [2.24, 2.45) is 5.41 Å². The van der Waals surface area contributed by atoms with E-state index in [1.807, 2.05) is 6.92 Å². The number of carbonyl (C=O) groups is 3. The quantitative estimate of drug-likeness (QED) is 0.675. The number of carboxylic acid groups (broad SMARTS) is 1. The molecule has 1 rings (SSSR count). The van der Waals surface area contributed by atoms with Gasteiger partial charge in [-0.2, -0.15) is 0 Å². The van der Waals surface area contributed by atoms with Crippen molar-refractivity contribution in [1.82, 2.24) is 15.5 Å². The summed E-state index contributed by atoms with van der Waals surface area (Å²) in [7, 11) is 1.52. The van der Waals surface area contributed by atoms with Crippen molar-refractivity contribution in [2.45, 2.75) is 45.6 Å². The maximum atomic E-state index is 12.3. The summed E-state index contributed by atoms with van der Waals surface area (Å²) in [6.45, 7) is 4.01. The molecule has 1 fully saturated rings. The average molecular weight is 299 g/mol. The average Bonchev–Trinajstić information content (AvgIpc) is 2.80. The van der Waals surface area contributed by atoms with E-state index in [9.17, 15) is 19.5 Å². The lowest BCUT2D eigenvalue weighted by atomic mass is 9.85. The summed E-state index contributed by atoms with van der Waals surface area (Å²) in [4.78, 5) is 36.6. The third-order valence-electron chi connectivity index (χ3n) is 4.14. The Morgan fingerprint density at radius 1 is 1.38 bits per heavy atom. The van der Waals surface area contributed by atoms with Crippen LogP contribution in [0.4, 0.5) is 4.79 Å². The Bertz CT molecular complexity index is 413. The molecule has 2 unspecified atom stereocenters. The van der Waals surface area contributed by atoms with E-state index in [-0.39, 0.29) is 18.5 Å². The number of aliphatic carboxylic acids is 1. The summed E-state index contributed by atoms with van der Waals surface area (Å²) < 4.78 is 0. The van der Waals surface area contributed by atoms with Gasteiger partial charge in [0.05, 0.1) is 5.41 Å². The van der Waals surface area contributed by atoms with Gasteiger partial charge in [0.15, 0.2) is 0 Å². The molecule has 21 heavy (non-hydrogen) atoms. The zero-order valence-electron chi connectivity index (χ0n) is 12.9. The van der Waals surface area contributed by atoms with Crippen LogP contribution in [0.3, 0.4) is 0 Å². The molecule has 0 aromatic carbocycles. The third kappa shape index (κ3) is 4.09. The number of carboxylic acids is 1. The minimum Gasteiger partial charge on any atom is -0.481 e. The van der Waals surface area contributed by atoms with Crippen LogP contribution in [-0.2, 0) is 9.59 Å². The third-order valence-corrected chi connectivity index (χ3v) is 4.14. The van der Waals surface area contributed by atoms with Crippen LogP contribution in [-0.4, -0.2) is 54.1 Å². The standard InChI is InChI=1S/C14H25N3O4/c1-4-8-17(9-11(18)15-3)13(21)16-10-6-5-7-14(10,2)12(19)20/h10H,4-9H2,1-3H3,(H,15,18)(H,16,21)(H,19,20). The first-order valence-corrected chi connectivity index (χ1v) is 7.34. The molecule has 120 valence electrons. The molecule has 1 aliphatic rings. The van der Waals surface area contributed by atoms with Crippen molar-refractivity contribution in [3.8, 4) is 0 Å². The van der Waals surface area contributed by atoms with Gasteiger partial charge in [0.1, 0.15) is 6.54 Å². The number of hydrogen-bond donors (Lipinski definition) is 3. The van der Waals surface area contributed by atoms with E-state index < -0.39 is 17.4 Å². The summed E-state index contributed by atoms with van der Waals surface area (Å²) in [5.41, 5.74) is -0.930. The van der Waals surface area contributed by atoms with Crippen molar-refractivity contribution in [2.75, 3.05) is 20.1 Å². The summed E-state index contributed by atoms with van der Waals surface area (Å²) in [6, 6.07) is -0.772. The Hall–Kier alpha value is -1.79. The molecule has 2 atom stereocenters. The molecule has 0 aliphatic heterocycles. The number of hydrogen-bond acceptors (Lipinski definition) is 3. The molecule has 1 saturated carbocycles. The number of urea groups is 1. The smallest absolute Gasteiger partial charge is 0.318 e. The number of likely N-dealkylation sites (N-methyl/N-ethyl adjacent to an activating group) is 1. The lowest BCUT2D eigenvalue weighted by molar-refractivity contribution is -0.148. The van der Waals surface area contributed by atoms with Crippen molar-refractivity contribution >= 4 is 17.9 Å². The van der Waals surface area contributed by atoms with Gasteiger partial charge in [0, 0.05) is 19.6 Å². The van der Waals surface area contributed by atoms with E-state index in [1.54, 1.807) is 6.92 Å². The second-order valence-corrected chi connectivity index (χ2v) is 5.71. The van der Waals surface area contributed by atoms with Crippen molar-refractivity contribution < 1.29 is 19.5 Å². The van der Waals surface area contributed by atoms with Crippen LogP contribution >= 0.6 is 0 Å². The Morgan fingerprint density at radius 2 is 2.05 bits per heavy atom. The van der Waals surface area contributed by atoms with Gasteiger partial charge in [-0.1, -0.05) is 13.3 Å². The highest BCUT2D eigenvalue weighted by Crippen LogP contribution is 2.38. The van der Waals surface area contributed by atoms with E-state index in [2.05, 4.69) is 10.6 Å². The normalized spacial score (nSPS) is 24.4. The predicted octanol–water partition coefficient (Wildman–Crippen LogP) is 0.797. The minimum absolute atomic E-state index is 0.0212. The van der Waals surface area contributed by atoms with Crippen molar-refractivity contribution in [3.05, 3.63) is 0 Å². The highest BCUT2D eigenvalue weighted by molar-refractivity contribution is 5.84. The summed E-state index contributed by atoms with van der Waals surface area (Å²) >= 11 is 0. The molecule has 0 radical (unpaired) electrons. The molecule has 0 aromatic rings. The molecule has 1 aliphatic carbocycles. The van der Waals surface area contributed by atoms with Gasteiger partial charge >= 0.3 is 12.0 Å². The Morgan fingerprint density at radius 3 is 2.57 bits per heavy atom. The molecule has 7 nitrogen and oxygen atoms in total. The van der Waals surface area contributed by atoms with Crippen molar-refractivity contribution in [1.29, 1.82) is 0 Å². The molecular weight excluding hydrogens is 274 g/mol. The number of amides is 3. The largest absolute Gasteiger partial charge is 0.481 e. The second-order valence-electron chi connectivity index (χ2n) is 5.71. The molecule has 3 amide bonds. The second kappa shape index (κ2) is 7.28. The van der Waals surface area contributed by atoms with Gasteiger partial charge in [0.25, 0.3) is 0 Å². The highest BCUT2D eigenvalue weighted by atomic mass is 16.4. The van der Waals surface area contributed by atoms with E-state index in [0.29, 0.717) is 19.4 Å². The molecule has 0 aromatic heterocycles. The molecule has 0 saturated heterocycles. The summed E-state index contributed by atoms with van der Waals surface area (Å²) in [6.07, 6.45) is 2.70. The maximum absolute atomic E-state index is 12.3. The minimum atomic E-state index is -0.930. The summed E-state index contributed by atoms with van der Waals surface area (Å²) in [5, 5.41) is 14.6. The lowest BCUT2D eigenvalue weighted by Crippen LogP contribution is -2.53. The fourth-order valence-electron chi connectivity index (χ4n) is 2.67. The van der Waals surface area contributed by atoms with E-state index in [1.165, 1.54) is 11.9 Å². The van der Waals surface area contributed by atoms with Gasteiger partial charge < -0.3 is 20.6 Å². The topological polar surface area (TPSA) is 98.7 Å². The zero-order valence-corrected chi connectivity index (χ0v) is 12.9. The Balaban J connectivity index is 2.72. The SMILES string of the molecule is CCCN(CC(=O)NC)C(=O)NC1CCCC1(C)C(=O)O.